The van der Waals surface area contributed by atoms with E-state index in [1.807, 2.05) is 13.0 Å². The molecule has 0 spiro atoms. The van der Waals surface area contributed by atoms with Gasteiger partial charge in [0.1, 0.15) is 6.17 Å². The van der Waals surface area contributed by atoms with Crippen LogP contribution in [0.3, 0.4) is 0 Å². The zero-order chi connectivity index (χ0) is 14.5. The Labute approximate surface area is 115 Å². The van der Waals surface area contributed by atoms with Gasteiger partial charge < -0.3 is 9.05 Å². The zero-order valence-electron chi connectivity index (χ0n) is 12.0. The lowest BCUT2D eigenvalue weighted by atomic mass is 9.85. The van der Waals surface area contributed by atoms with Crippen molar-refractivity contribution in [3.05, 3.63) is 23.8 Å². The molecule has 1 rings (SSSR count). The summed E-state index contributed by atoms with van der Waals surface area (Å²) >= 11 is 0. The lowest BCUT2D eigenvalue weighted by molar-refractivity contribution is 0.219. The van der Waals surface area contributed by atoms with Gasteiger partial charge in [-0.1, -0.05) is 18.2 Å². The SMILES string of the molecule is C=C(C)[C@H]1CC=C(CP(=O)(OCC)OCC)C(F)C1. The van der Waals surface area contributed by atoms with Crippen LogP contribution in [0.5, 0.6) is 0 Å². The van der Waals surface area contributed by atoms with Gasteiger partial charge in [-0.05, 0) is 45.1 Å². The molecule has 0 aromatic rings. The Morgan fingerprint density at radius 2 is 2.05 bits per heavy atom. The molecule has 19 heavy (non-hydrogen) atoms. The fraction of sp³-hybridized carbons (Fsp3) is 0.714. The molecule has 0 aliphatic heterocycles. The molecule has 5 heteroatoms. The highest BCUT2D eigenvalue weighted by Crippen LogP contribution is 2.51. The molecule has 1 aliphatic rings. The van der Waals surface area contributed by atoms with Crippen molar-refractivity contribution in [1.29, 1.82) is 0 Å². The van der Waals surface area contributed by atoms with Gasteiger partial charge in [-0.25, -0.2) is 4.39 Å². The van der Waals surface area contributed by atoms with Crippen LogP contribution in [0.1, 0.15) is 33.6 Å². The van der Waals surface area contributed by atoms with E-state index < -0.39 is 13.8 Å². The van der Waals surface area contributed by atoms with E-state index in [1.165, 1.54) is 0 Å². The maximum atomic E-state index is 14.1. The van der Waals surface area contributed by atoms with Crippen molar-refractivity contribution in [1.82, 2.24) is 0 Å². The molecule has 110 valence electrons. The Kier molecular flexibility index (Phi) is 6.45. The molecule has 0 bridgehead atoms. The standard InChI is InChI=1S/C14H24FO3P/c1-5-17-19(16,18-6-2)10-13-8-7-12(11(3)4)9-14(13)15/h8,12,14H,3,5-7,9-10H2,1-2,4H3/t12-,14?/m0/s1. The Hall–Kier alpha value is -0.440. The van der Waals surface area contributed by atoms with Gasteiger partial charge in [0.15, 0.2) is 0 Å². The quantitative estimate of drug-likeness (QED) is 0.511. The molecule has 1 unspecified atom stereocenters. The van der Waals surface area contributed by atoms with Gasteiger partial charge in [-0.3, -0.25) is 4.57 Å². The van der Waals surface area contributed by atoms with Crippen LogP contribution in [0, 0.1) is 5.92 Å². The van der Waals surface area contributed by atoms with Crippen LogP contribution in [0.2, 0.25) is 0 Å². The van der Waals surface area contributed by atoms with Gasteiger partial charge in [0.25, 0.3) is 0 Å². The zero-order valence-corrected chi connectivity index (χ0v) is 12.9. The molecular weight excluding hydrogens is 266 g/mol. The van der Waals surface area contributed by atoms with E-state index >= 15 is 0 Å². The number of allylic oxidation sites excluding steroid dienone is 3. The van der Waals surface area contributed by atoms with Crippen LogP contribution in [-0.4, -0.2) is 25.5 Å². The van der Waals surface area contributed by atoms with Gasteiger partial charge in [0, 0.05) is 0 Å². The van der Waals surface area contributed by atoms with E-state index in [4.69, 9.17) is 9.05 Å². The van der Waals surface area contributed by atoms with E-state index in [-0.39, 0.29) is 12.1 Å². The summed E-state index contributed by atoms with van der Waals surface area (Å²) in [5, 5.41) is 0. The molecule has 0 fully saturated rings. The second-order valence-electron chi connectivity index (χ2n) is 4.87. The van der Waals surface area contributed by atoms with Crippen molar-refractivity contribution >= 4 is 7.60 Å². The third kappa shape index (κ3) is 4.87. The highest BCUT2D eigenvalue weighted by Gasteiger charge is 2.32. The van der Waals surface area contributed by atoms with Crippen LogP contribution in [0.4, 0.5) is 4.39 Å². The normalized spacial score (nSPS) is 24.1. The number of hydrogen-bond donors (Lipinski definition) is 0. The molecule has 0 aromatic heterocycles. The Morgan fingerprint density at radius 3 is 2.47 bits per heavy atom. The minimum atomic E-state index is -3.20. The molecule has 0 aromatic carbocycles. The third-order valence-corrected chi connectivity index (χ3v) is 5.34. The molecule has 2 atom stereocenters. The summed E-state index contributed by atoms with van der Waals surface area (Å²) in [5.41, 5.74) is 1.54. The van der Waals surface area contributed by atoms with Crippen LogP contribution in [0.25, 0.3) is 0 Å². The first-order valence-electron chi connectivity index (χ1n) is 6.78. The lowest BCUT2D eigenvalue weighted by Crippen LogP contribution is -2.20. The minimum Gasteiger partial charge on any atom is -0.309 e. The maximum absolute atomic E-state index is 14.1. The van der Waals surface area contributed by atoms with Gasteiger partial charge in [0.2, 0.25) is 0 Å². The number of hydrogen-bond acceptors (Lipinski definition) is 3. The van der Waals surface area contributed by atoms with E-state index in [1.54, 1.807) is 13.8 Å². The van der Waals surface area contributed by atoms with Crippen LogP contribution in [0.15, 0.2) is 23.8 Å². The topological polar surface area (TPSA) is 35.5 Å². The van der Waals surface area contributed by atoms with Crippen molar-refractivity contribution in [2.24, 2.45) is 5.92 Å². The molecule has 0 radical (unpaired) electrons. The molecular formula is C14H24FO3P. The van der Waals surface area contributed by atoms with E-state index in [0.29, 0.717) is 25.2 Å². The van der Waals surface area contributed by atoms with E-state index in [0.717, 1.165) is 12.0 Å². The Balaban J connectivity index is 2.75. The first-order chi connectivity index (χ1) is 8.91. The van der Waals surface area contributed by atoms with E-state index in [9.17, 15) is 8.96 Å². The predicted octanol–water partition coefficient (Wildman–Crippen LogP) is 4.50. The number of rotatable bonds is 7. The highest BCUT2D eigenvalue weighted by atomic mass is 31.2. The number of alkyl halides is 1. The fourth-order valence-electron chi connectivity index (χ4n) is 2.23. The average Bonchev–Trinajstić information content (AvgIpc) is 2.32. The van der Waals surface area contributed by atoms with Gasteiger partial charge in [-0.15, -0.1) is 0 Å². The maximum Gasteiger partial charge on any atom is 0.334 e. The predicted molar refractivity (Wildman–Crippen MR) is 76.2 cm³/mol. The molecule has 0 saturated heterocycles. The van der Waals surface area contributed by atoms with Crippen molar-refractivity contribution in [3.63, 3.8) is 0 Å². The number of halogens is 1. The summed E-state index contributed by atoms with van der Waals surface area (Å²) in [6, 6.07) is 0. The van der Waals surface area contributed by atoms with Crippen LogP contribution < -0.4 is 0 Å². The second kappa shape index (κ2) is 7.37. The Morgan fingerprint density at radius 1 is 1.47 bits per heavy atom. The largest absolute Gasteiger partial charge is 0.334 e. The van der Waals surface area contributed by atoms with Crippen molar-refractivity contribution in [2.75, 3.05) is 19.4 Å². The smallest absolute Gasteiger partial charge is 0.309 e. The summed E-state index contributed by atoms with van der Waals surface area (Å²) in [6.07, 6.45) is 1.98. The summed E-state index contributed by atoms with van der Waals surface area (Å²) in [6.45, 7) is 9.90. The summed E-state index contributed by atoms with van der Waals surface area (Å²) in [7, 11) is -3.20. The van der Waals surface area contributed by atoms with Crippen LogP contribution >= 0.6 is 7.60 Å². The molecule has 0 N–H and O–H groups in total. The fourth-order valence-corrected chi connectivity index (χ4v) is 4.05. The van der Waals surface area contributed by atoms with Crippen molar-refractivity contribution in [3.8, 4) is 0 Å². The summed E-state index contributed by atoms with van der Waals surface area (Å²) in [4.78, 5) is 0. The first kappa shape index (κ1) is 16.6. The minimum absolute atomic E-state index is 0.0543. The summed E-state index contributed by atoms with van der Waals surface area (Å²) < 4.78 is 36.9. The lowest BCUT2D eigenvalue weighted by Gasteiger charge is -2.27. The van der Waals surface area contributed by atoms with Crippen molar-refractivity contribution < 1.29 is 18.0 Å². The average molecular weight is 290 g/mol. The van der Waals surface area contributed by atoms with Gasteiger partial charge in [-0.2, -0.15) is 0 Å². The van der Waals surface area contributed by atoms with Crippen LogP contribution in [-0.2, 0) is 13.6 Å². The first-order valence-corrected chi connectivity index (χ1v) is 8.51. The van der Waals surface area contributed by atoms with Gasteiger partial charge >= 0.3 is 7.60 Å². The van der Waals surface area contributed by atoms with Crippen molar-refractivity contribution in [2.45, 2.75) is 39.8 Å². The molecule has 0 amide bonds. The molecule has 3 nitrogen and oxygen atoms in total. The second-order valence-corrected chi connectivity index (χ2v) is 6.92. The molecule has 0 saturated carbocycles. The third-order valence-electron chi connectivity index (χ3n) is 3.28. The molecule has 0 heterocycles. The van der Waals surface area contributed by atoms with E-state index in [2.05, 4.69) is 6.58 Å². The highest BCUT2D eigenvalue weighted by molar-refractivity contribution is 7.54. The Bertz CT molecular complexity index is 382. The molecule has 1 aliphatic carbocycles. The monoisotopic (exact) mass is 290 g/mol. The summed E-state index contributed by atoms with van der Waals surface area (Å²) in [5.74, 6) is 0.178. The van der Waals surface area contributed by atoms with Gasteiger partial charge in [0.05, 0.1) is 19.4 Å².